The Morgan fingerprint density at radius 1 is 0.767 bits per heavy atom. The van der Waals surface area contributed by atoms with Gasteiger partial charge in [0, 0.05) is 25.5 Å². The Labute approximate surface area is 177 Å². The van der Waals surface area contributed by atoms with Gasteiger partial charge in [0.1, 0.15) is 0 Å². The maximum absolute atomic E-state index is 12.0. The average Bonchev–Trinajstić information content (AvgIpc) is 2.80. The van der Waals surface area contributed by atoms with Crippen LogP contribution in [0.2, 0.25) is 0 Å². The predicted octanol–water partition coefficient (Wildman–Crippen LogP) is 2.58. The number of carbonyl (C=O) groups is 2. The van der Waals surface area contributed by atoms with E-state index in [2.05, 4.69) is 31.2 Å². The lowest BCUT2D eigenvalue weighted by Gasteiger charge is -2.29. The van der Waals surface area contributed by atoms with Crippen LogP contribution in [0.1, 0.15) is 37.1 Å². The molecule has 2 atom stereocenters. The Kier molecular flexibility index (Phi) is 8.44. The first-order valence-corrected chi connectivity index (χ1v) is 10.5. The SMILES string of the molecule is O=C(NCc1ccccn1)NC[C@H]1CCC[C@@H](CNC(=O)NCc2ccccn2)C1. The first kappa shape index (κ1) is 21.5. The summed E-state index contributed by atoms with van der Waals surface area (Å²) >= 11 is 0. The van der Waals surface area contributed by atoms with Crippen LogP contribution in [0, 0.1) is 11.8 Å². The second kappa shape index (κ2) is 11.7. The van der Waals surface area contributed by atoms with Crippen molar-refractivity contribution >= 4 is 12.1 Å². The third-order valence-corrected chi connectivity index (χ3v) is 5.31. The summed E-state index contributed by atoms with van der Waals surface area (Å²) in [7, 11) is 0. The smallest absolute Gasteiger partial charge is 0.315 e. The molecule has 30 heavy (non-hydrogen) atoms. The molecule has 8 nitrogen and oxygen atoms in total. The molecule has 4 N–H and O–H groups in total. The van der Waals surface area contributed by atoms with E-state index in [4.69, 9.17) is 0 Å². The van der Waals surface area contributed by atoms with E-state index in [1.807, 2.05) is 36.4 Å². The largest absolute Gasteiger partial charge is 0.338 e. The molecule has 4 amide bonds. The Morgan fingerprint density at radius 2 is 1.27 bits per heavy atom. The lowest BCUT2D eigenvalue weighted by molar-refractivity contribution is 0.221. The van der Waals surface area contributed by atoms with Gasteiger partial charge < -0.3 is 21.3 Å². The van der Waals surface area contributed by atoms with Gasteiger partial charge in [-0.2, -0.15) is 0 Å². The van der Waals surface area contributed by atoms with E-state index in [0.717, 1.165) is 37.1 Å². The van der Waals surface area contributed by atoms with Crippen LogP contribution in [-0.2, 0) is 13.1 Å². The van der Waals surface area contributed by atoms with Gasteiger partial charge in [-0.05, 0) is 55.4 Å². The highest BCUT2D eigenvalue weighted by molar-refractivity contribution is 5.74. The Morgan fingerprint density at radius 3 is 1.70 bits per heavy atom. The van der Waals surface area contributed by atoms with Crippen molar-refractivity contribution in [1.29, 1.82) is 0 Å². The molecule has 0 bridgehead atoms. The highest BCUT2D eigenvalue weighted by Crippen LogP contribution is 2.28. The van der Waals surface area contributed by atoms with Gasteiger partial charge in [-0.3, -0.25) is 9.97 Å². The average molecular weight is 411 g/mol. The van der Waals surface area contributed by atoms with E-state index in [-0.39, 0.29) is 12.1 Å². The standard InChI is InChI=1S/C22H30N6O2/c29-21(27-15-19-8-1-3-10-23-19)25-13-17-6-5-7-18(12-17)14-26-22(30)28-16-20-9-2-4-11-24-20/h1-4,8-11,17-18H,5-7,12-16H2,(H2,25,27,29)(H2,26,28,30)/t17-,18+. The summed E-state index contributed by atoms with van der Waals surface area (Å²) in [5.74, 6) is 0.866. The van der Waals surface area contributed by atoms with Crippen molar-refractivity contribution in [3.63, 3.8) is 0 Å². The van der Waals surface area contributed by atoms with Crippen molar-refractivity contribution in [2.75, 3.05) is 13.1 Å². The maximum Gasteiger partial charge on any atom is 0.315 e. The molecule has 0 spiro atoms. The second-order valence-corrected chi connectivity index (χ2v) is 7.67. The summed E-state index contributed by atoms with van der Waals surface area (Å²) in [5, 5.41) is 11.6. The van der Waals surface area contributed by atoms with Gasteiger partial charge in [-0.15, -0.1) is 0 Å². The number of rotatable bonds is 8. The van der Waals surface area contributed by atoms with Crippen LogP contribution in [0.3, 0.4) is 0 Å². The van der Waals surface area contributed by atoms with E-state index < -0.39 is 0 Å². The lowest BCUT2D eigenvalue weighted by Crippen LogP contribution is -2.41. The number of carbonyl (C=O) groups excluding carboxylic acids is 2. The van der Waals surface area contributed by atoms with Crippen LogP contribution in [-0.4, -0.2) is 35.1 Å². The summed E-state index contributed by atoms with van der Waals surface area (Å²) in [6, 6.07) is 10.9. The van der Waals surface area contributed by atoms with Gasteiger partial charge in [0.25, 0.3) is 0 Å². The first-order valence-electron chi connectivity index (χ1n) is 10.5. The predicted molar refractivity (Wildman–Crippen MR) is 114 cm³/mol. The summed E-state index contributed by atoms with van der Waals surface area (Å²) in [6.07, 6.45) is 7.74. The molecule has 160 valence electrons. The molecule has 2 aromatic heterocycles. The van der Waals surface area contributed by atoms with Gasteiger partial charge in [-0.1, -0.05) is 18.6 Å². The number of amides is 4. The van der Waals surface area contributed by atoms with Crippen LogP contribution >= 0.6 is 0 Å². The zero-order chi connectivity index (χ0) is 21.0. The number of aromatic nitrogens is 2. The van der Waals surface area contributed by atoms with Gasteiger partial charge in [0.05, 0.1) is 24.5 Å². The van der Waals surface area contributed by atoms with Crippen LogP contribution < -0.4 is 21.3 Å². The van der Waals surface area contributed by atoms with Crippen molar-refractivity contribution in [3.8, 4) is 0 Å². The van der Waals surface area contributed by atoms with E-state index in [9.17, 15) is 9.59 Å². The van der Waals surface area contributed by atoms with Crippen molar-refractivity contribution in [2.45, 2.75) is 38.8 Å². The fourth-order valence-electron chi connectivity index (χ4n) is 3.72. The Balaban J connectivity index is 1.29. The molecule has 2 aromatic rings. The van der Waals surface area contributed by atoms with Crippen LogP contribution in [0.15, 0.2) is 48.8 Å². The minimum Gasteiger partial charge on any atom is -0.338 e. The van der Waals surface area contributed by atoms with E-state index >= 15 is 0 Å². The fourth-order valence-corrected chi connectivity index (χ4v) is 3.72. The van der Waals surface area contributed by atoms with Crippen LogP contribution in [0.4, 0.5) is 9.59 Å². The van der Waals surface area contributed by atoms with E-state index in [1.54, 1.807) is 12.4 Å². The fraction of sp³-hybridized carbons (Fsp3) is 0.455. The molecule has 0 aliphatic heterocycles. The molecule has 0 saturated heterocycles. The third-order valence-electron chi connectivity index (χ3n) is 5.31. The molecular formula is C22H30N6O2. The normalized spacial score (nSPS) is 18.3. The number of hydrogen-bond acceptors (Lipinski definition) is 4. The lowest BCUT2D eigenvalue weighted by atomic mass is 9.81. The van der Waals surface area contributed by atoms with Crippen molar-refractivity contribution in [3.05, 3.63) is 60.2 Å². The monoisotopic (exact) mass is 410 g/mol. The summed E-state index contributed by atoms with van der Waals surface area (Å²) in [4.78, 5) is 32.4. The van der Waals surface area contributed by atoms with Crippen molar-refractivity contribution < 1.29 is 9.59 Å². The highest BCUT2D eigenvalue weighted by Gasteiger charge is 2.22. The molecule has 8 heteroatoms. The molecule has 2 heterocycles. The minimum absolute atomic E-state index is 0.171. The molecule has 3 rings (SSSR count). The number of nitrogens with zero attached hydrogens (tertiary/aromatic N) is 2. The second-order valence-electron chi connectivity index (χ2n) is 7.67. The third kappa shape index (κ3) is 7.69. The van der Waals surface area contributed by atoms with Crippen molar-refractivity contribution in [2.24, 2.45) is 11.8 Å². The molecule has 0 unspecified atom stereocenters. The number of pyridine rings is 2. The summed E-state index contributed by atoms with van der Waals surface area (Å²) in [5.41, 5.74) is 1.66. The van der Waals surface area contributed by atoms with Gasteiger partial charge in [0.15, 0.2) is 0 Å². The number of urea groups is 2. The zero-order valence-corrected chi connectivity index (χ0v) is 17.1. The molecule has 1 saturated carbocycles. The van der Waals surface area contributed by atoms with Crippen LogP contribution in [0.5, 0.6) is 0 Å². The number of nitrogens with one attached hydrogen (secondary N) is 4. The molecule has 0 radical (unpaired) electrons. The van der Waals surface area contributed by atoms with Crippen molar-refractivity contribution in [1.82, 2.24) is 31.2 Å². The highest BCUT2D eigenvalue weighted by atomic mass is 16.2. The Hall–Kier alpha value is -3.16. The molecular weight excluding hydrogens is 380 g/mol. The quantitative estimate of drug-likeness (QED) is 0.536. The molecule has 0 aromatic carbocycles. The topological polar surface area (TPSA) is 108 Å². The summed E-state index contributed by atoms with van der Waals surface area (Å²) in [6.45, 7) is 2.13. The molecule has 1 fully saturated rings. The maximum atomic E-state index is 12.0. The van der Waals surface area contributed by atoms with E-state index in [1.165, 1.54) is 0 Å². The summed E-state index contributed by atoms with van der Waals surface area (Å²) < 4.78 is 0. The van der Waals surface area contributed by atoms with Gasteiger partial charge in [-0.25, -0.2) is 9.59 Å². The number of hydrogen-bond donors (Lipinski definition) is 4. The van der Waals surface area contributed by atoms with Crippen LogP contribution in [0.25, 0.3) is 0 Å². The van der Waals surface area contributed by atoms with Gasteiger partial charge in [0.2, 0.25) is 0 Å². The van der Waals surface area contributed by atoms with Gasteiger partial charge >= 0.3 is 12.1 Å². The molecule has 1 aliphatic rings. The first-order chi connectivity index (χ1) is 14.7. The van der Waals surface area contributed by atoms with E-state index in [0.29, 0.717) is 38.0 Å². The zero-order valence-electron chi connectivity index (χ0n) is 17.1. The minimum atomic E-state index is -0.171. The Bertz CT molecular complexity index is 721. The molecule has 1 aliphatic carbocycles.